The number of nitrogens with zero attached hydrogens (tertiary/aromatic N) is 7. The molecule has 0 amide bonds. The molecule has 3 heterocycles. The molecular formula is C13H19N9O2. The molecule has 0 radical (unpaired) electrons. The van der Waals surface area contributed by atoms with Gasteiger partial charge in [0.15, 0.2) is 11.5 Å². The second-order valence-electron chi connectivity index (χ2n) is 5.50. The molecule has 4 N–H and O–H groups in total. The lowest BCUT2D eigenvalue weighted by molar-refractivity contribution is -0.0230. The maximum atomic E-state index is 9.41. The van der Waals surface area contributed by atoms with E-state index in [1.54, 1.807) is 10.9 Å². The second kappa shape index (κ2) is 6.87. The van der Waals surface area contributed by atoms with Crippen LogP contribution in [0.1, 0.15) is 26.0 Å². The summed E-state index contributed by atoms with van der Waals surface area (Å²) in [5.41, 5.74) is 15.5. The molecule has 11 heteroatoms. The third-order valence-electron chi connectivity index (χ3n) is 3.88. The first kappa shape index (κ1) is 16.2. The van der Waals surface area contributed by atoms with Gasteiger partial charge in [0.25, 0.3) is 0 Å². The van der Waals surface area contributed by atoms with Gasteiger partial charge in [-0.25, -0.2) is 4.98 Å². The summed E-state index contributed by atoms with van der Waals surface area (Å²) in [7, 11) is 0. The minimum atomic E-state index is -0.551. The van der Waals surface area contributed by atoms with E-state index < -0.39 is 18.4 Å². The highest BCUT2D eigenvalue weighted by Gasteiger charge is 2.36. The van der Waals surface area contributed by atoms with Gasteiger partial charge in [0.1, 0.15) is 11.7 Å². The number of nitrogens with two attached hydrogens (primary N) is 1. The number of imidazole rings is 1. The standard InChI is InChI=1S/C13H19N9O2/c1-2-3-16-11-10-12(19-13(14)18-11)17-6-22(10)9-4-7(20-21-15)8(5-23)24-9/h6-9,23H,2-5H2,1H3,(H3,14,16,18,19)/t7-,8+,9+/m0/s1. The predicted molar refractivity (Wildman–Crippen MR) is 87.1 cm³/mol. The Labute approximate surface area is 137 Å². The third kappa shape index (κ3) is 2.92. The average Bonchev–Trinajstić information content (AvgIpc) is 3.16. The predicted octanol–water partition coefficient (Wildman–Crippen LogP) is 1.19. The van der Waals surface area contributed by atoms with E-state index in [0.717, 1.165) is 13.0 Å². The Morgan fingerprint density at radius 3 is 3.12 bits per heavy atom. The Hall–Kier alpha value is -2.62. The van der Waals surface area contributed by atoms with E-state index in [1.165, 1.54) is 0 Å². The fourth-order valence-electron chi connectivity index (χ4n) is 2.79. The fraction of sp³-hybridized carbons (Fsp3) is 0.615. The van der Waals surface area contributed by atoms with Gasteiger partial charge in [-0.1, -0.05) is 12.0 Å². The van der Waals surface area contributed by atoms with Crippen molar-refractivity contribution in [3.63, 3.8) is 0 Å². The van der Waals surface area contributed by atoms with Crippen molar-refractivity contribution in [3.8, 4) is 0 Å². The number of nitrogens with one attached hydrogen (secondary N) is 1. The normalized spacial score (nSPS) is 23.3. The minimum absolute atomic E-state index is 0.138. The van der Waals surface area contributed by atoms with Gasteiger partial charge in [0.05, 0.1) is 25.1 Å². The number of hydrogen-bond donors (Lipinski definition) is 3. The van der Waals surface area contributed by atoms with E-state index >= 15 is 0 Å². The van der Waals surface area contributed by atoms with Crippen molar-refractivity contribution in [2.45, 2.75) is 38.1 Å². The van der Waals surface area contributed by atoms with Crippen LogP contribution < -0.4 is 11.1 Å². The molecule has 2 aromatic rings. The number of aromatic nitrogens is 4. The molecule has 0 spiro atoms. The molecular weight excluding hydrogens is 314 g/mol. The van der Waals surface area contributed by atoms with Crippen molar-refractivity contribution in [1.29, 1.82) is 0 Å². The van der Waals surface area contributed by atoms with Crippen molar-refractivity contribution in [2.24, 2.45) is 5.11 Å². The first-order chi connectivity index (χ1) is 11.7. The topological polar surface area (TPSA) is 160 Å². The number of ether oxygens (including phenoxy) is 1. The van der Waals surface area contributed by atoms with Crippen molar-refractivity contribution in [2.75, 3.05) is 24.2 Å². The van der Waals surface area contributed by atoms with Gasteiger partial charge in [-0.15, -0.1) is 0 Å². The van der Waals surface area contributed by atoms with Crippen LogP contribution in [0.15, 0.2) is 11.4 Å². The lowest BCUT2D eigenvalue weighted by Crippen LogP contribution is -2.22. The molecule has 0 unspecified atom stereocenters. The number of fused-ring (bicyclic) bond motifs is 1. The molecule has 24 heavy (non-hydrogen) atoms. The van der Waals surface area contributed by atoms with Gasteiger partial charge in [-0.3, -0.25) is 4.57 Å². The zero-order valence-corrected chi connectivity index (χ0v) is 13.2. The number of nitrogen functional groups attached to an aromatic ring is 1. The second-order valence-corrected chi connectivity index (χ2v) is 5.50. The van der Waals surface area contributed by atoms with E-state index in [1.807, 2.05) is 6.92 Å². The zero-order chi connectivity index (χ0) is 17.1. The third-order valence-corrected chi connectivity index (χ3v) is 3.88. The van der Waals surface area contributed by atoms with Crippen molar-refractivity contribution in [3.05, 3.63) is 16.8 Å². The van der Waals surface area contributed by atoms with Crippen molar-refractivity contribution in [1.82, 2.24) is 19.5 Å². The van der Waals surface area contributed by atoms with Crippen molar-refractivity contribution >= 4 is 22.9 Å². The van der Waals surface area contributed by atoms with Crippen LogP contribution in [0, 0.1) is 0 Å². The van der Waals surface area contributed by atoms with Crippen LogP contribution in [0.25, 0.3) is 21.6 Å². The first-order valence-electron chi connectivity index (χ1n) is 7.72. The smallest absolute Gasteiger partial charge is 0.224 e. The largest absolute Gasteiger partial charge is 0.394 e. The highest BCUT2D eigenvalue weighted by Crippen LogP contribution is 2.34. The van der Waals surface area contributed by atoms with Gasteiger partial charge in [-0.05, 0) is 12.0 Å². The van der Waals surface area contributed by atoms with Crippen LogP contribution in [-0.2, 0) is 4.74 Å². The van der Waals surface area contributed by atoms with Crippen LogP contribution in [-0.4, -0.2) is 49.9 Å². The van der Waals surface area contributed by atoms with E-state index in [0.29, 0.717) is 23.4 Å². The van der Waals surface area contributed by atoms with Gasteiger partial charge < -0.3 is 20.9 Å². The molecule has 0 aromatic carbocycles. The molecule has 0 bridgehead atoms. The SMILES string of the molecule is CCCNc1nc(N)nc2ncn([C@H]3C[C@H](N=[N+]=[N-])[C@@H](CO)O3)c12. The monoisotopic (exact) mass is 333 g/mol. The number of anilines is 2. The lowest BCUT2D eigenvalue weighted by Gasteiger charge is -2.16. The maximum absolute atomic E-state index is 9.41. The maximum Gasteiger partial charge on any atom is 0.224 e. The molecule has 11 nitrogen and oxygen atoms in total. The van der Waals surface area contributed by atoms with E-state index in [2.05, 4.69) is 30.3 Å². The van der Waals surface area contributed by atoms with Gasteiger partial charge in [0.2, 0.25) is 5.95 Å². The Bertz CT molecular complexity index is 770. The number of azide groups is 1. The molecule has 3 rings (SSSR count). The van der Waals surface area contributed by atoms with Crippen LogP contribution in [0.3, 0.4) is 0 Å². The Morgan fingerprint density at radius 2 is 2.42 bits per heavy atom. The molecule has 0 saturated carbocycles. The Morgan fingerprint density at radius 1 is 1.58 bits per heavy atom. The summed E-state index contributed by atoms with van der Waals surface area (Å²) in [6.45, 7) is 2.54. The Balaban J connectivity index is 1.99. The van der Waals surface area contributed by atoms with Crippen LogP contribution >= 0.6 is 0 Å². The minimum Gasteiger partial charge on any atom is -0.394 e. The molecule has 1 fully saturated rings. The van der Waals surface area contributed by atoms with Crippen molar-refractivity contribution < 1.29 is 9.84 Å². The lowest BCUT2D eigenvalue weighted by atomic mass is 10.1. The molecule has 1 aliphatic rings. The number of rotatable bonds is 6. The zero-order valence-electron chi connectivity index (χ0n) is 13.2. The molecule has 2 aromatic heterocycles. The van der Waals surface area contributed by atoms with Gasteiger partial charge in [0, 0.05) is 17.9 Å². The fourth-order valence-corrected chi connectivity index (χ4v) is 2.79. The molecule has 0 aliphatic carbocycles. The molecule has 128 valence electrons. The summed E-state index contributed by atoms with van der Waals surface area (Å²) in [4.78, 5) is 15.5. The quantitative estimate of drug-likeness (QED) is 0.406. The van der Waals surface area contributed by atoms with Gasteiger partial charge >= 0.3 is 0 Å². The summed E-state index contributed by atoms with van der Waals surface area (Å²) >= 11 is 0. The number of aliphatic hydroxyl groups is 1. The summed E-state index contributed by atoms with van der Waals surface area (Å²) in [6.07, 6.45) is 1.96. The summed E-state index contributed by atoms with van der Waals surface area (Å²) in [5, 5.41) is 16.3. The highest BCUT2D eigenvalue weighted by molar-refractivity contribution is 5.84. The Kier molecular flexibility index (Phi) is 4.65. The number of hydrogen-bond acceptors (Lipinski definition) is 8. The summed E-state index contributed by atoms with van der Waals surface area (Å²) in [6, 6.07) is -0.441. The van der Waals surface area contributed by atoms with Crippen LogP contribution in [0.4, 0.5) is 11.8 Å². The number of aliphatic hydroxyl groups excluding tert-OH is 1. The van der Waals surface area contributed by atoms with Crippen LogP contribution in [0.2, 0.25) is 0 Å². The summed E-state index contributed by atoms with van der Waals surface area (Å²) < 4.78 is 7.59. The average molecular weight is 333 g/mol. The molecule has 1 aliphatic heterocycles. The van der Waals surface area contributed by atoms with Crippen LogP contribution in [0.5, 0.6) is 0 Å². The first-order valence-corrected chi connectivity index (χ1v) is 7.72. The summed E-state index contributed by atoms with van der Waals surface area (Å²) in [5.74, 6) is 0.715. The van der Waals surface area contributed by atoms with E-state index in [9.17, 15) is 5.11 Å². The van der Waals surface area contributed by atoms with E-state index in [-0.39, 0.29) is 12.6 Å². The molecule has 1 saturated heterocycles. The van der Waals surface area contributed by atoms with E-state index in [4.69, 9.17) is 16.0 Å². The van der Waals surface area contributed by atoms with Gasteiger partial charge in [-0.2, -0.15) is 9.97 Å². The molecule has 3 atom stereocenters. The highest BCUT2D eigenvalue weighted by atomic mass is 16.5.